The van der Waals surface area contributed by atoms with E-state index in [9.17, 15) is 5.11 Å². The fourth-order valence-corrected chi connectivity index (χ4v) is 3.62. The third kappa shape index (κ3) is 4.42. The molecule has 0 amide bonds. The van der Waals surface area contributed by atoms with Crippen LogP contribution in [0.4, 0.5) is 0 Å². The van der Waals surface area contributed by atoms with Crippen molar-refractivity contribution in [3.63, 3.8) is 0 Å². The lowest BCUT2D eigenvalue weighted by molar-refractivity contribution is 0.0479. The van der Waals surface area contributed by atoms with Crippen LogP contribution in [0.1, 0.15) is 38.5 Å². The molecule has 19 heavy (non-hydrogen) atoms. The standard InChI is InChI=1S/C15H29NO3/c1-18-10-4-11-19-12-9-16-8-3-6-14(16)13-5-2-7-15(13)17/h13-15,17H,2-12H2,1H3. The zero-order valence-corrected chi connectivity index (χ0v) is 12.2. The summed E-state index contributed by atoms with van der Waals surface area (Å²) < 4.78 is 10.7. The number of nitrogens with zero attached hydrogens (tertiary/aromatic N) is 1. The molecule has 1 N–H and O–H groups in total. The Hall–Kier alpha value is -0.160. The second kappa shape index (κ2) is 8.20. The molecule has 1 saturated carbocycles. The quantitative estimate of drug-likeness (QED) is 0.682. The first-order chi connectivity index (χ1) is 9.33. The lowest BCUT2D eigenvalue weighted by Gasteiger charge is -2.31. The van der Waals surface area contributed by atoms with Crippen LogP contribution in [-0.2, 0) is 9.47 Å². The van der Waals surface area contributed by atoms with Crippen molar-refractivity contribution in [2.24, 2.45) is 5.92 Å². The van der Waals surface area contributed by atoms with Gasteiger partial charge in [-0.2, -0.15) is 0 Å². The highest BCUT2D eigenvalue weighted by Crippen LogP contribution is 2.35. The van der Waals surface area contributed by atoms with E-state index in [4.69, 9.17) is 9.47 Å². The zero-order chi connectivity index (χ0) is 13.5. The zero-order valence-electron chi connectivity index (χ0n) is 12.2. The van der Waals surface area contributed by atoms with Gasteiger partial charge >= 0.3 is 0 Å². The Balaban J connectivity index is 1.64. The predicted octanol–water partition coefficient (Wildman–Crippen LogP) is 1.66. The SMILES string of the molecule is COCCCOCCN1CCCC1C1CCCC1O. The minimum Gasteiger partial charge on any atom is -0.393 e. The number of ether oxygens (including phenoxy) is 2. The number of aliphatic hydroxyl groups is 1. The van der Waals surface area contributed by atoms with Gasteiger partial charge in [0.1, 0.15) is 0 Å². The van der Waals surface area contributed by atoms with Crippen LogP contribution in [0.2, 0.25) is 0 Å². The molecule has 112 valence electrons. The Morgan fingerprint density at radius 1 is 1.11 bits per heavy atom. The van der Waals surface area contributed by atoms with Gasteiger partial charge in [0.25, 0.3) is 0 Å². The number of methoxy groups -OCH3 is 1. The first-order valence-electron chi connectivity index (χ1n) is 7.81. The van der Waals surface area contributed by atoms with Crippen molar-refractivity contribution in [3.05, 3.63) is 0 Å². The van der Waals surface area contributed by atoms with Gasteiger partial charge in [-0.05, 0) is 38.6 Å². The van der Waals surface area contributed by atoms with Crippen molar-refractivity contribution in [2.75, 3.05) is 40.0 Å². The highest BCUT2D eigenvalue weighted by Gasteiger charge is 2.37. The molecule has 3 unspecified atom stereocenters. The number of rotatable bonds is 8. The summed E-state index contributed by atoms with van der Waals surface area (Å²) in [6.45, 7) is 4.57. The van der Waals surface area contributed by atoms with E-state index in [0.717, 1.165) is 39.2 Å². The Morgan fingerprint density at radius 3 is 2.74 bits per heavy atom. The third-order valence-electron chi connectivity index (χ3n) is 4.60. The molecule has 1 aliphatic carbocycles. The fraction of sp³-hybridized carbons (Fsp3) is 1.00. The van der Waals surface area contributed by atoms with E-state index >= 15 is 0 Å². The molecule has 0 bridgehead atoms. The van der Waals surface area contributed by atoms with E-state index < -0.39 is 0 Å². The van der Waals surface area contributed by atoms with Gasteiger partial charge in [-0.25, -0.2) is 0 Å². The van der Waals surface area contributed by atoms with Gasteiger partial charge in [-0.3, -0.25) is 4.90 Å². The van der Waals surface area contributed by atoms with Crippen LogP contribution in [0.3, 0.4) is 0 Å². The second-order valence-electron chi connectivity index (χ2n) is 5.87. The van der Waals surface area contributed by atoms with Crippen LogP contribution in [0.5, 0.6) is 0 Å². The summed E-state index contributed by atoms with van der Waals surface area (Å²) >= 11 is 0. The molecular formula is C15H29NO3. The van der Waals surface area contributed by atoms with Crippen LogP contribution >= 0.6 is 0 Å². The van der Waals surface area contributed by atoms with Crippen molar-refractivity contribution < 1.29 is 14.6 Å². The van der Waals surface area contributed by atoms with Crippen LogP contribution in [-0.4, -0.2) is 62.2 Å². The average molecular weight is 271 g/mol. The van der Waals surface area contributed by atoms with Crippen LogP contribution in [0, 0.1) is 5.92 Å². The van der Waals surface area contributed by atoms with Crippen LogP contribution < -0.4 is 0 Å². The minimum absolute atomic E-state index is 0.0618. The smallest absolute Gasteiger partial charge is 0.0593 e. The lowest BCUT2D eigenvalue weighted by Crippen LogP contribution is -2.40. The second-order valence-corrected chi connectivity index (χ2v) is 5.87. The molecule has 0 aromatic heterocycles. The van der Waals surface area contributed by atoms with Gasteiger partial charge in [0.15, 0.2) is 0 Å². The first kappa shape index (κ1) is 15.2. The molecule has 2 fully saturated rings. The normalized spacial score (nSPS) is 32.2. The molecule has 0 radical (unpaired) electrons. The fourth-order valence-electron chi connectivity index (χ4n) is 3.62. The number of hydrogen-bond donors (Lipinski definition) is 1. The van der Waals surface area contributed by atoms with E-state index in [1.807, 2.05) is 0 Å². The van der Waals surface area contributed by atoms with Crippen molar-refractivity contribution in [3.8, 4) is 0 Å². The molecule has 4 nitrogen and oxygen atoms in total. The Bertz CT molecular complexity index is 250. The molecule has 4 heteroatoms. The number of likely N-dealkylation sites (tertiary alicyclic amines) is 1. The molecule has 0 spiro atoms. The molecule has 0 aromatic rings. The summed E-state index contributed by atoms with van der Waals surface area (Å²) in [5.41, 5.74) is 0. The van der Waals surface area contributed by atoms with Crippen molar-refractivity contribution in [2.45, 2.75) is 50.7 Å². The molecular weight excluding hydrogens is 242 g/mol. The Labute approximate surface area is 117 Å². The van der Waals surface area contributed by atoms with Crippen molar-refractivity contribution in [1.29, 1.82) is 0 Å². The van der Waals surface area contributed by atoms with Gasteiger partial charge in [0.2, 0.25) is 0 Å². The van der Waals surface area contributed by atoms with E-state index in [0.29, 0.717) is 12.0 Å². The summed E-state index contributed by atoms with van der Waals surface area (Å²) in [7, 11) is 1.72. The van der Waals surface area contributed by atoms with Gasteiger partial charge in [-0.15, -0.1) is 0 Å². The summed E-state index contributed by atoms with van der Waals surface area (Å²) in [5.74, 6) is 0.510. The van der Waals surface area contributed by atoms with E-state index in [-0.39, 0.29) is 6.10 Å². The maximum atomic E-state index is 10.1. The van der Waals surface area contributed by atoms with E-state index in [1.54, 1.807) is 7.11 Å². The van der Waals surface area contributed by atoms with Crippen molar-refractivity contribution in [1.82, 2.24) is 4.90 Å². The number of hydrogen-bond acceptors (Lipinski definition) is 4. The summed E-state index contributed by atoms with van der Waals surface area (Å²) in [5, 5.41) is 10.1. The molecule has 1 aliphatic heterocycles. The third-order valence-corrected chi connectivity index (χ3v) is 4.60. The molecule has 0 aromatic carbocycles. The average Bonchev–Trinajstić information content (AvgIpc) is 3.02. The van der Waals surface area contributed by atoms with Crippen molar-refractivity contribution >= 4 is 0 Å². The maximum Gasteiger partial charge on any atom is 0.0593 e. The van der Waals surface area contributed by atoms with E-state index in [2.05, 4.69) is 4.90 Å². The summed E-state index contributed by atoms with van der Waals surface area (Å²) in [6, 6.07) is 0.597. The Morgan fingerprint density at radius 2 is 2.00 bits per heavy atom. The number of aliphatic hydroxyl groups excluding tert-OH is 1. The molecule has 1 saturated heterocycles. The maximum absolute atomic E-state index is 10.1. The van der Waals surface area contributed by atoms with Crippen LogP contribution in [0.15, 0.2) is 0 Å². The lowest BCUT2D eigenvalue weighted by atomic mass is 9.94. The van der Waals surface area contributed by atoms with Gasteiger partial charge < -0.3 is 14.6 Å². The first-order valence-corrected chi connectivity index (χ1v) is 7.81. The predicted molar refractivity (Wildman–Crippen MR) is 75.3 cm³/mol. The largest absolute Gasteiger partial charge is 0.393 e. The molecule has 2 aliphatic rings. The highest BCUT2D eigenvalue weighted by atomic mass is 16.5. The minimum atomic E-state index is -0.0618. The summed E-state index contributed by atoms with van der Waals surface area (Å²) in [6.07, 6.45) is 6.85. The molecule has 2 rings (SSSR count). The monoisotopic (exact) mass is 271 g/mol. The Kier molecular flexibility index (Phi) is 6.57. The topological polar surface area (TPSA) is 41.9 Å². The van der Waals surface area contributed by atoms with Gasteiger partial charge in [0.05, 0.1) is 12.7 Å². The van der Waals surface area contributed by atoms with E-state index in [1.165, 1.54) is 32.2 Å². The van der Waals surface area contributed by atoms with Crippen LogP contribution in [0.25, 0.3) is 0 Å². The van der Waals surface area contributed by atoms with Gasteiger partial charge in [-0.1, -0.05) is 6.42 Å². The van der Waals surface area contributed by atoms with Gasteiger partial charge in [0, 0.05) is 38.8 Å². The highest BCUT2D eigenvalue weighted by molar-refractivity contribution is 4.91. The summed E-state index contributed by atoms with van der Waals surface area (Å²) in [4.78, 5) is 2.54. The molecule has 3 atom stereocenters. The molecule has 1 heterocycles.